The van der Waals surface area contributed by atoms with Crippen LogP contribution in [-0.2, 0) is 6.54 Å². The smallest absolute Gasteiger partial charge is 0.186 e. The van der Waals surface area contributed by atoms with Crippen molar-refractivity contribution in [3.05, 3.63) is 10.6 Å². The van der Waals surface area contributed by atoms with Gasteiger partial charge in [-0.25, -0.2) is 4.98 Å². The van der Waals surface area contributed by atoms with Gasteiger partial charge in [-0.2, -0.15) is 0 Å². The maximum absolute atomic E-state index is 4.77. The Labute approximate surface area is 115 Å². The van der Waals surface area contributed by atoms with Crippen molar-refractivity contribution in [2.45, 2.75) is 53.1 Å². The van der Waals surface area contributed by atoms with Crippen molar-refractivity contribution in [3.8, 4) is 0 Å². The monoisotopic (exact) mass is 267 g/mol. The number of hydrogen-bond donors (Lipinski definition) is 1. The first-order valence-electron chi connectivity index (χ1n) is 7.05. The second kappa shape index (κ2) is 6.02. The molecule has 1 aromatic rings. The zero-order chi connectivity index (χ0) is 13.1. The van der Waals surface area contributed by atoms with Gasteiger partial charge in [-0.1, -0.05) is 13.8 Å². The van der Waals surface area contributed by atoms with Crippen molar-refractivity contribution in [1.82, 2.24) is 10.3 Å². The maximum atomic E-state index is 4.77. The van der Waals surface area contributed by atoms with Gasteiger partial charge in [0, 0.05) is 24.0 Å². The molecule has 2 heterocycles. The van der Waals surface area contributed by atoms with Crippen LogP contribution < -0.4 is 10.2 Å². The molecule has 1 aliphatic rings. The van der Waals surface area contributed by atoms with E-state index in [1.54, 1.807) is 0 Å². The van der Waals surface area contributed by atoms with Gasteiger partial charge in [-0.15, -0.1) is 11.3 Å². The van der Waals surface area contributed by atoms with E-state index in [-0.39, 0.29) is 0 Å². The van der Waals surface area contributed by atoms with E-state index in [1.165, 1.54) is 28.5 Å². The highest BCUT2D eigenvalue weighted by molar-refractivity contribution is 7.15. The maximum Gasteiger partial charge on any atom is 0.186 e. The number of aromatic nitrogens is 1. The molecule has 1 aliphatic heterocycles. The summed E-state index contributed by atoms with van der Waals surface area (Å²) in [5, 5.41) is 4.61. The van der Waals surface area contributed by atoms with Gasteiger partial charge in [0.05, 0.1) is 5.69 Å². The largest absolute Gasteiger partial charge is 0.345 e. The highest BCUT2D eigenvalue weighted by atomic mass is 32.1. The van der Waals surface area contributed by atoms with E-state index in [0.717, 1.165) is 25.6 Å². The normalized spacial score (nSPS) is 24.6. The summed E-state index contributed by atoms with van der Waals surface area (Å²) in [6.07, 6.45) is 2.59. The molecular formula is C14H25N3S. The van der Waals surface area contributed by atoms with Gasteiger partial charge in [0.25, 0.3) is 0 Å². The molecule has 2 rings (SSSR count). The first-order valence-corrected chi connectivity index (χ1v) is 7.87. The van der Waals surface area contributed by atoms with Crippen LogP contribution in [-0.4, -0.2) is 24.1 Å². The van der Waals surface area contributed by atoms with Crippen LogP contribution in [0.2, 0.25) is 0 Å². The van der Waals surface area contributed by atoms with E-state index in [9.17, 15) is 0 Å². The standard InChI is InChI=1S/C14H25N3S/c1-5-15-9-13-12(4)16-14(18-13)17-7-6-10(2)8-11(17)3/h10-11,15H,5-9H2,1-4H3. The molecule has 102 valence electrons. The van der Waals surface area contributed by atoms with Crippen molar-refractivity contribution >= 4 is 16.5 Å². The minimum atomic E-state index is 0.631. The molecule has 18 heavy (non-hydrogen) atoms. The lowest BCUT2D eigenvalue weighted by atomic mass is 9.94. The molecule has 1 fully saturated rings. The molecule has 4 heteroatoms. The van der Waals surface area contributed by atoms with Gasteiger partial charge >= 0.3 is 0 Å². The number of nitrogens with zero attached hydrogens (tertiary/aromatic N) is 2. The van der Waals surface area contributed by atoms with Crippen LogP contribution in [0.1, 0.15) is 44.2 Å². The van der Waals surface area contributed by atoms with E-state index < -0.39 is 0 Å². The molecule has 0 bridgehead atoms. The van der Waals surface area contributed by atoms with E-state index >= 15 is 0 Å². The molecule has 2 atom stereocenters. The fraction of sp³-hybridized carbons (Fsp3) is 0.786. The van der Waals surface area contributed by atoms with Crippen molar-refractivity contribution in [3.63, 3.8) is 0 Å². The van der Waals surface area contributed by atoms with Gasteiger partial charge in [0.2, 0.25) is 0 Å². The number of anilines is 1. The van der Waals surface area contributed by atoms with Gasteiger partial charge in [-0.05, 0) is 39.2 Å². The molecule has 0 radical (unpaired) electrons. The number of rotatable bonds is 4. The molecule has 3 nitrogen and oxygen atoms in total. The molecule has 1 N–H and O–H groups in total. The fourth-order valence-electron chi connectivity index (χ4n) is 2.63. The Hall–Kier alpha value is -0.610. The van der Waals surface area contributed by atoms with Crippen LogP contribution in [0.4, 0.5) is 5.13 Å². The first kappa shape index (κ1) is 13.8. The molecule has 0 spiro atoms. The van der Waals surface area contributed by atoms with Gasteiger partial charge in [-0.3, -0.25) is 0 Å². The third kappa shape index (κ3) is 3.04. The summed E-state index contributed by atoms with van der Waals surface area (Å²) in [7, 11) is 0. The molecule has 0 saturated carbocycles. The van der Waals surface area contributed by atoms with Crippen molar-refractivity contribution < 1.29 is 0 Å². The van der Waals surface area contributed by atoms with Crippen LogP contribution in [0.15, 0.2) is 0 Å². The summed E-state index contributed by atoms with van der Waals surface area (Å²) in [5.41, 5.74) is 1.20. The lowest BCUT2D eigenvalue weighted by molar-refractivity contribution is 0.377. The molecule has 0 amide bonds. The summed E-state index contributed by atoms with van der Waals surface area (Å²) in [5.74, 6) is 0.860. The lowest BCUT2D eigenvalue weighted by Gasteiger charge is -2.36. The molecule has 0 aliphatic carbocycles. The van der Waals surface area contributed by atoms with Crippen LogP contribution in [0.25, 0.3) is 0 Å². The SMILES string of the molecule is CCNCc1sc(N2CCC(C)CC2C)nc1C. The predicted molar refractivity (Wildman–Crippen MR) is 79.4 cm³/mol. The van der Waals surface area contributed by atoms with Gasteiger partial charge in [0.1, 0.15) is 0 Å². The number of thiazole rings is 1. The van der Waals surface area contributed by atoms with Crippen molar-refractivity contribution in [2.24, 2.45) is 5.92 Å². The molecule has 0 aromatic carbocycles. The zero-order valence-electron chi connectivity index (χ0n) is 12.0. The highest BCUT2D eigenvalue weighted by Crippen LogP contribution is 2.32. The van der Waals surface area contributed by atoms with Crippen LogP contribution in [0, 0.1) is 12.8 Å². The van der Waals surface area contributed by atoms with Crippen LogP contribution in [0.3, 0.4) is 0 Å². The quantitative estimate of drug-likeness (QED) is 0.908. The Balaban J connectivity index is 2.08. The Morgan fingerprint density at radius 3 is 2.89 bits per heavy atom. The minimum Gasteiger partial charge on any atom is -0.345 e. The Bertz CT molecular complexity index is 388. The summed E-state index contributed by atoms with van der Waals surface area (Å²) >= 11 is 1.86. The summed E-state index contributed by atoms with van der Waals surface area (Å²) in [6, 6.07) is 0.631. The van der Waals surface area contributed by atoms with E-state index in [0.29, 0.717) is 6.04 Å². The zero-order valence-corrected chi connectivity index (χ0v) is 12.8. The third-order valence-corrected chi connectivity index (χ3v) is 5.00. The van der Waals surface area contributed by atoms with Crippen LogP contribution >= 0.6 is 11.3 Å². The summed E-state index contributed by atoms with van der Waals surface area (Å²) < 4.78 is 0. The number of hydrogen-bond acceptors (Lipinski definition) is 4. The Morgan fingerprint density at radius 2 is 2.22 bits per heavy atom. The average Bonchev–Trinajstić information content (AvgIpc) is 2.68. The van der Waals surface area contributed by atoms with Crippen molar-refractivity contribution in [2.75, 3.05) is 18.0 Å². The average molecular weight is 267 g/mol. The summed E-state index contributed by atoms with van der Waals surface area (Å²) in [6.45, 7) is 12.1. The van der Waals surface area contributed by atoms with E-state index in [4.69, 9.17) is 4.98 Å². The van der Waals surface area contributed by atoms with Gasteiger partial charge in [0.15, 0.2) is 5.13 Å². The fourth-order valence-corrected chi connectivity index (χ4v) is 3.79. The van der Waals surface area contributed by atoms with E-state index in [2.05, 4.69) is 37.9 Å². The molecular weight excluding hydrogens is 242 g/mol. The molecule has 2 unspecified atom stereocenters. The number of piperidine rings is 1. The summed E-state index contributed by atoms with van der Waals surface area (Å²) in [4.78, 5) is 8.65. The first-order chi connectivity index (χ1) is 8.61. The van der Waals surface area contributed by atoms with E-state index in [1.807, 2.05) is 11.3 Å². The molecule has 1 aromatic heterocycles. The Morgan fingerprint density at radius 1 is 1.44 bits per heavy atom. The predicted octanol–water partition coefficient (Wildman–Crippen LogP) is 3.19. The highest BCUT2D eigenvalue weighted by Gasteiger charge is 2.25. The second-order valence-corrected chi connectivity index (χ2v) is 6.52. The van der Waals surface area contributed by atoms with Crippen LogP contribution in [0.5, 0.6) is 0 Å². The topological polar surface area (TPSA) is 28.2 Å². The number of nitrogens with one attached hydrogen (secondary N) is 1. The van der Waals surface area contributed by atoms with Crippen molar-refractivity contribution in [1.29, 1.82) is 0 Å². The minimum absolute atomic E-state index is 0.631. The Kier molecular flexibility index (Phi) is 4.62. The lowest BCUT2D eigenvalue weighted by Crippen LogP contribution is -2.40. The molecule has 1 saturated heterocycles. The third-order valence-electron chi connectivity index (χ3n) is 3.80. The second-order valence-electron chi connectivity index (χ2n) is 5.46. The number of aryl methyl sites for hydroxylation is 1. The van der Waals surface area contributed by atoms with Gasteiger partial charge < -0.3 is 10.2 Å².